The zero-order valence-electron chi connectivity index (χ0n) is 20.4. The third-order valence-corrected chi connectivity index (χ3v) is 5.82. The van der Waals surface area contributed by atoms with Gasteiger partial charge in [-0.15, -0.1) is 0 Å². The summed E-state index contributed by atoms with van der Waals surface area (Å²) in [6.07, 6.45) is 8.09. The lowest BCUT2D eigenvalue weighted by Crippen LogP contribution is -2.34. The number of aromatic nitrogens is 4. The summed E-state index contributed by atoms with van der Waals surface area (Å²) in [5.74, 6) is -1.14. The van der Waals surface area contributed by atoms with E-state index in [1.54, 1.807) is 37.3 Å². The van der Waals surface area contributed by atoms with Crippen molar-refractivity contribution in [3.8, 4) is 5.88 Å². The Morgan fingerprint density at radius 2 is 2.09 bits per heavy atom. The Morgan fingerprint density at radius 3 is 2.71 bits per heavy atom. The van der Waals surface area contributed by atoms with Crippen LogP contribution in [-0.2, 0) is 17.9 Å². The molecule has 1 saturated carbocycles. The van der Waals surface area contributed by atoms with Gasteiger partial charge in [-0.3, -0.25) is 23.9 Å². The van der Waals surface area contributed by atoms with Crippen molar-refractivity contribution in [1.29, 1.82) is 0 Å². The van der Waals surface area contributed by atoms with Crippen LogP contribution in [0.4, 0.5) is 0 Å². The molecule has 184 valence electrons. The summed E-state index contributed by atoms with van der Waals surface area (Å²) in [5.41, 5.74) is 1.24. The maximum absolute atomic E-state index is 13.2. The highest BCUT2D eigenvalue weighted by atomic mass is 16.3. The van der Waals surface area contributed by atoms with E-state index in [9.17, 15) is 19.5 Å². The molecule has 1 aliphatic carbocycles. The van der Waals surface area contributed by atoms with Crippen LogP contribution >= 0.6 is 0 Å². The highest BCUT2D eigenvalue weighted by molar-refractivity contribution is 5.97. The molecule has 0 saturated heterocycles. The van der Waals surface area contributed by atoms with Crippen LogP contribution in [0.15, 0.2) is 35.4 Å². The molecule has 0 bridgehead atoms. The molecule has 3 aromatic heterocycles. The van der Waals surface area contributed by atoms with Crippen LogP contribution in [0.25, 0.3) is 11.7 Å². The normalized spacial score (nSPS) is 13.6. The number of nitrogens with one attached hydrogen (secondary N) is 1. The van der Waals surface area contributed by atoms with E-state index in [-0.39, 0.29) is 23.4 Å². The molecule has 4 rings (SSSR count). The number of pyridine rings is 1. The molecule has 1 aliphatic rings. The molecular formula is C25H30N6O4. The Labute approximate surface area is 202 Å². The van der Waals surface area contributed by atoms with Crippen LogP contribution < -0.4 is 10.9 Å². The third kappa shape index (κ3) is 5.11. The third-order valence-electron chi connectivity index (χ3n) is 5.82. The van der Waals surface area contributed by atoms with Crippen molar-refractivity contribution < 1.29 is 14.7 Å². The zero-order chi connectivity index (χ0) is 25.3. The van der Waals surface area contributed by atoms with E-state index in [1.807, 2.05) is 26.0 Å². The van der Waals surface area contributed by atoms with Gasteiger partial charge in [-0.25, -0.2) is 0 Å². The quantitative estimate of drug-likeness (QED) is 0.479. The van der Waals surface area contributed by atoms with Crippen LogP contribution in [0.2, 0.25) is 0 Å². The predicted molar refractivity (Wildman–Crippen MR) is 131 cm³/mol. The standard InChI is InChI=1S/C25H30N6O4/c1-15(2)13-30-23-19(9-10-20(32)29(4)14-17-6-5-11-26-12-17)16(3)28-31(23)25(35)21(24(30)34)22(33)27-18-7-8-18/h5-6,9-12,15,18,34H,7-8,13-14H2,1-4H3,(H,27,33). The largest absolute Gasteiger partial charge is 0.494 e. The summed E-state index contributed by atoms with van der Waals surface area (Å²) in [7, 11) is 1.69. The van der Waals surface area contributed by atoms with E-state index in [2.05, 4.69) is 15.4 Å². The second kappa shape index (κ2) is 9.73. The van der Waals surface area contributed by atoms with Gasteiger partial charge in [0.05, 0.1) is 5.69 Å². The summed E-state index contributed by atoms with van der Waals surface area (Å²) in [5, 5.41) is 18.2. The van der Waals surface area contributed by atoms with Gasteiger partial charge in [0.1, 0.15) is 5.65 Å². The molecule has 10 nitrogen and oxygen atoms in total. The summed E-state index contributed by atoms with van der Waals surface area (Å²) >= 11 is 0. The van der Waals surface area contributed by atoms with Crippen molar-refractivity contribution in [1.82, 2.24) is 29.4 Å². The van der Waals surface area contributed by atoms with Crippen LogP contribution in [0, 0.1) is 12.8 Å². The fourth-order valence-electron chi connectivity index (χ4n) is 3.91. The van der Waals surface area contributed by atoms with Crippen LogP contribution in [-0.4, -0.2) is 54.1 Å². The molecule has 0 aliphatic heterocycles. The first kappa shape index (κ1) is 24.2. The molecular weight excluding hydrogens is 448 g/mol. The second-order valence-electron chi connectivity index (χ2n) is 9.38. The average molecular weight is 479 g/mol. The molecule has 0 spiro atoms. The second-order valence-corrected chi connectivity index (χ2v) is 9.38. The number of aromatic hydroxyl groups is 1. The molecule has 0 unspecified atom stereocenters. The fourth-order valence-corrected chi connectivity index (χ4v) is 3.91. The van der Waals surface area contributed by atoms with Crippen molar-refractivity contribution in [3.63, 3.8) is 0 Å². The van der Waals surface area contributed by atoms with Gasteiger partial charge in [0.15, 0.2) is 5.56 Å². The molecule has 0 radical (unpaired) electrons. The van der Waals surface area contributed by atoms with Gasteiger partial charge < -0.3 is 15.3 Å². The summed E-state index contributed by atoms with van der Waals surface area (Å²) in [6.45, 7) is 6.39. The van der Waals surface area contributed by atoms with Crippen LogP contribution in [0.5, 0.6) is 5.88 Å². The minimum atomic E-state index is -0.696. The molecule has 3 heterocycles. The van der Waals surface area contributed by atoms with E-state index in [0.29, 0.717) is 30.0 Å². The van der Waals surface area contributed by atoms with Gasteiger partial charge in [-0.1, -0.05) is 19.9 Å². The molecule has 0 atom stereocenters. The first-order chi connectivity index (χ1) is 16.7. The summed E-state index contributed by atoms with van der Waals surface area (Å²) < 4.78 is 2.67. The number of carbonyl (C=O) groups excluding carboxylic acids is 2. The SMILES string of the molecule is Cc1nn2c(=O)c(C(=O)NC3CC3)c(O)n(CC(C)C)c2c1C=CC(=O)N(C)Cc1cccnc1. The van der Waals surface area contributed by atoms with Crippen molar-refractivity contribution >= 4 is 23.5 Å². The molecule has 2 amide bonds. The van der Waals surface area contributed by atoms with Gasteiger partial charge in [0, 0.05) is 50.2 Å². The number of aryl methyl sites for hydroxylation is 1. The fraction of sp³-hybridized carbons (Fsp3) is 0.400. The monoisotopic (exact) mass is 478 g/mol. The van der Waals surface area contributed by atoms with E-state index >= 15 is 0 Å². The molecule has 10 heteroatoms. The lowest BCUT2D eigenvalue weighted by Gasteiger charge is -2.17. The molecule has 2 N–H and O–H groups in total. The lowest BCUT2D eigenvalue weighted by molar-refractivity contribution is -0.125. The molecule has 1 fully saturated rings. The van der Waals surface area contributed by atoms with Crippen molar-refractivity contribution in [2.45, 2.75) is 52.7 Å². The van der Waals surface area contributed by atoms with E-state index in [1.165, 1.54) is 10.6 Å². The van der Waals surface area contributed by atoms with Gasteiger partial charge >= 0.3 is 0 Å². The Morgan fingerprint density at radius 1 is 1.34 bits per heavy atom. The highest BCUT2D eigenvalue weighted by Crippen LogP contribution is 2.26. The summed E-state index contributed by atoms with van der Waals surface area (Å²) in [4.78, 5) is 44.3. The molecule has 3 aromatic rings. The van der Waals surface area contributed by atoms with E-state index < -0.39 is 17.3 Å². The Kier molecular flexibility index (Phi) is 6.72. The Bertz CT molecular complexity index is 1350. The van der Waals surface area contributed by atoms with Gasteiger partial charge in [0.25, 0.3) is 11.5 Å². The maximum atomic E-state index is 13.2. The first-order valence-corrected chi connectivity index (χ1v) is 11.7. The smallest absolute Gasteiger partial charge is 0.291 e. The highest BCUT2D eigenvalue weighted by Gasteiger charge is 2.30. The number of amides is 2. The number of hydrogen-bond donors (Lipinski definition) is 2. The predicted octanol–water partition coefficient (Wildman–Crippen LogP) is 2.13. The van der Waals surface area contributed by atoms with Gasteiger partial charge in [-0.05, 0) is 43.4 Å². The van der Waals surface area contributed by atoms with E-state index in [4.69, 9.17) is 0 Å². The topological polar surface area (TPSA) is 122 Å². The average Bonchev–Trinajstić information content (AvgIpc) is 3.56. The Balaban J connectivity index is 1.74. The van der Waals surface area contributed by atoms with E-state index in [0.717, 1.165) is 22.9 Å². The maximum Gasteiger partial charge on any atom is 0.291 e. The molecule has 0 aromatic carbocycles. The number of carbonyl (C=O) groups is 2. The van der Waals surface area contributed by atoms with Crippen LogP contribution in [0.3, 0.4) is 0 Å². The number of likely N-dealkylation sites (N-methyl/N-ethyl adjacent to an activating group) is 1. The number of fused-ring (bicyclic) bond motifs is 1. The minimum Gasteiger partial charge on any atom is -0.494 e. The number of nitrogens with zero attached hydrogens (tertiary/aromatic N) is 5. The number of rotatable bonds is 8. The Hall–Kier alpha value is -3.95. The molecule has 35 heavy (non-hydrogen) atoms. The lowest BCUT2D eigenvalue weighted by atomic mass is 10.1. The van der Waals surface area contributed by atoms with Gasteiger partial charge in [-0.2, -0.15) is 9.61 Å². The first-order valence-electron chi connectivity index (χ1n) is 11.7. The van der Waals surface area contributed by atoms with Crippen molar-refractivity contribution in [2.24, 2.45) is 5.92 Å². The van der Waals surface area contributed by atoms with Crippen LogP contribution in [0.1, 0.15) is 53.9 Å². The van der Waals surface area contributed by atoms with Crippen molar-refractivity contribution in [2.75, 3.05) is 7.05 Å². The van der Waals surface area contributed by atoms with Gasteiger partial charge in [0.2, 0.25) is 11.8 Å². The minimum absolute atomic E-state index is 0.0306. The number of hydrogen-bond acceptors (Lipinski definition) is 6. The summed E-state index contributed by atoms with van der Waals surface area (Å²) in [6, 6.07) is 3.73. The zero-order valence-corrected chi connectivity index (χ0v) is 20.4. The van der Waals surface area contributed by atoms with Crippen molar-refractivity contribution in [3.05, 3.63) is 63.3 Å².